The maximum Gasteiger partial charge on any atom is 0.338 e. The van der Waals surface area contributed by atoms with Gasteiger partial charge in [0.2, 0.25) is 0 Å². The molecule has 4 aromatic rings. The van der Waals surface area contributed by atoms with Crippen molar-refractivity contribution < 1.29 is 23.7 Å². The molecule has 2 heterocycles. The summed E-state index contributed by atoms with van der Waals surface area (Å²) in [6, 6.07) is 14.1. The quantitative estimate of drug-likeness (QED) is 0.133. The lowest BCUT2D eigenvalue weighted by atomic mass is 9.95. The number of esters is 1. The van der Waals surface area contributed by atoms with E-state index in [4.69, 9.17) is 35.5 Å². The van der Waals surface area contributed by atoms with Gasteiger partial charge in [-0.3, -0.25) is 9.36 Å². The van der Waals surface area contributed by atoms with Gasteiger partial charge >= 0.3 is 5.97 Å². The third-order valence-electron chi connectivity index (χ3n) is 6.97. The van der Waals surface area contributed by atoms with Gasteiger partial charge in [0.1, 0.15) is 12.4 Å². The fraction of sp³-hybridized carbons (Fsp3) is 0.219. The molecule has 8 nitrogen and oxygen atoms in total. The van der Waals surface area contributed by atoms with E-state index in [0.29, 0.717) is 47.3 Å². The van der Waals surface area contributed by atoms with Gasteiger partial charge in [-0.2, -0.15) is 0 Å². The zero-order valence-corrected chi connectivity index (χ0v) is 31.9. The molecule has 1 aromatic heterocycles. The minimum Gasteiger partial charge on any atom is -0.493 e. The van der Waals surface area contributed by atoms with E-state index in [1.807, 2.05) is 36.4 Å². The van der Waals surface area contributed by atoms with Gasteiger partial charge in [0.25, 0.3) is 5.56 Å². The van der Waals surface area contributed by atoms with Crippen LogP contribution < -0.4 is 29.1 Å². The number of thiazole rings is 1. The highest BCUT2D eigenvalue weighted by Gasteiger charge is 2.35. The molecular formula is C32H26BrClI2N2O6S. The molecule has 3 aromatic carbocycles. The molecular weight excluding hydrogens is 910 g/mol. The Morgan fingerprint density at radius 1 is 1.13 bits per heavy atom. The number of fused-ring (bicyclic) bond motifs is 1. The first kappa shape index (κ1) is 33.9. The molecule has 0 amide bonds. The van der Waals surface area contributed by atoms with Crippen molar-refractivity contribution in [1.29, 1.82) is 0 Å². The summed E-state index contributed by atoms with van der Waals surface area (Å²) in [4.78, 5) is 32.8. The molecule has 45 heavy (non-hydrogen) atoms. The second-order valence-corrected chi connectivity index (χ2v) is 14.4. The maximum absolute atomic E-state index is 14.3. The minimum absolute atomic E-state index is 0.169. The molecule has 0 saturated heterocycles. The Labute approximate surface area is 304 Å². The van der Waals surface area contributed by atoms with Crippen molar-refractivity contribution in [1.82, 2.24) is 4.57 Å². The summed E-state index contributed by atoms with van der Waals surface area (Å²) in [7, 11) is 3.07. The summed E-state index contributed by atoms with van der Waals surface area (Å²) < 4.78 is 27.2. The van der Waals surface area contributed by atoms with Gasteiger partial charge in [0, 0.05) is 24.2 Å². The van der Waals surface area contributed by atoms with Crippen LogP contribution in [0.5, 0.6) is 17.2 Å². The summed E-state index contributed by atoms with van der Waals surface area (Å²) >= 11 is 15.7. The van der Waals surface area contributed by atoms with E-state index in [2.05, 4.69) is 61.1 Å². The molecule has 234 valence electrons. The number of benzene rings is 3. The van der Waals surface area contributed by atoms with Crippen LogP contribution in [0.25, 0.3) is 6.08 Å². The van der Waals surface area contributed by atoms with Crippen molar-refractivity contribution in [2.24, 2.45) is 4.99 Å². The molecule has 0 radical (unpaired) electrons. The van der Waals surface area contributed by atoms with Crippen LogP contribution in [0.3, 0.4) is 0 Å². The van der Waals surface area contributed by atoms with Crippen molar-refractivity contribution in [3.8, 4) is 17.2 Å². The molecule has 0 aliphatic carbocycles. The number of carbonyl (C=O) groups excluding carboxylic acids is 1. The molecule has 1 aliphatic heterocycles. The minimum atomic E-state index is -0.844. The maximum atomic E-state index is 14.3. The first-order valence-electron chi connectivity index (χ1n) is 13.5. The van der Waals surface area contributed by atoms with Crippen molar-refractivity contribution in [2.45, 2.75) is 26.5 Å². The Kier molecular flexibility index (Phi) is 11.0. The van der Waals surface area contributed by atoms with E-state index in [-0.39, 0.29) is 24.3 Å². The van der Waals surface area contributed by atoms with Crippen LogP contribution in [0.1, 0.15) is 36.6 Å². The van der Waals surface area contributed by atoms with E-state index >= 15 is 0 Å². The fourth-order valence-corrected chi connectivity index (χ4v) is 8.72. The van der Waals surface area contributed by atoms with E-state index < -0.39 is 12.0 Å². The molecule has 5 rings (SSSR count). The van der Waals surface area contributed by atoms with E-state index in [0.717, 1.165) is 18.3 Å². The third-order valence-corrected chi connectivity index (χ3v) is 10.4. The van der Waals surface area contributed by atoms with Crippen LogP contribution in [0.15, 0.2) is 74.1 Å². The van der Waals surface area contributed by atoms with E-state index in [1.165, 1.54) is 23.0 Å². The van der Waals surface area contributed by atoms with Gasteiger partial charge in [-0.15, -0.1) is 0 Å². The molecule has 0 fully saturated rings. The van der Waals surface area contributed by atoms with Gasteiger partial charge in [-0.05, 0) is 101 Å². The second kappa shape index (κ2) is 14.6. The number of carbonyl (C=O) groups is 1. The van der Waals surface area contributed by atoms with Gasteiger partial charge < -0.3 is 18.9 Å². The number of methoxy groups -OCH3 is 2. The van der Waals surface area contributed by atoms with Crippen molar-refractivity contribution >= 4 is 96.1 Å². The Balaban J connectivity index is 1.70. The number of allylic oxidation sites excluding steroid dienone is 1. The highest BCUT2D eigenvalue weighted by molar-refractivity contribution is 14.1. The Bertz CT molecular complexity index is 2030. The number of rotatable bonds is 9. The average molecular weight is 936 g/mol. The zero-order chi connectivity index (χ0) is 32.4. The standard InChI is InChI=1S/C32H26BrClI2N2O6S/c1-5-43-31(40)27-16(2)37-32-38(28(27)20-13-24(41-3)25(42-4)14-21(20)33)30(39)26(45-32)11-18-10-19(35)12-23(36)29(18)44-15-17-8-6-7-9-22(17)34/h6-14,28H,5,15H2,1-4H3/b26-11-/t28-/m0/s1. The summed E-state index contributed by atoms with van der Waals surface area (Å²) in [6.45, 7) is 3.90. The predicted molar refractivity (Wildman–Crippen MR) is 195 cm³/mol. The number of aromatic nitrogens is 1. The largest absolute Gasteiger partial charge is 0.493 e. The molecule has 0 bridgehead atoms. The average Bonchev–Trinajstić information content (AvgIpc) is 3.30. The summed E-state index contributed by atoms with van der Waals surface area (Å²) in [5.74, 6) is 1.02. The van der Waals surface area contributed by atoms with Gasteiger partial charge in [-0.25, -0.2) is 9.79 Å². The lowest BCUT2D eigenvalue weighted by molar-refractivity contribution is -0.139. The topological polar surface area (TPSA) is 88.4 Å². The Morgan fingerprint density at radius 3 is 2.53 bits per heavy atom. The number of nitrogens with zero attached hydrogens (tertiary/aromatic N) is 2. The van der Waals surface area contributed by atoms with Crippen LogP contribution >= 0.6 is 84.0 Å². The van der Waals surface area contributed by atoms with Crippen LogP contribution in [0.4, 0.5) is 0 Å². The van der Waals surface area contributed by atoms with Gasteiger partial charge in [0.05, 0.1) is 46.2 Å². The lowest BCUT2D eigenvalue weighted by Crippen LogP contribution is -2.40. The Hall–Kier alpha value is -2.40. The first-order chi connectivity index (χ1) is 21.6. The summed E-state index contributed by atoms with van der Waals surface area (Å²) in [5.41, 5.74) is 2.60. The normalized spacial score (nSPS) is 14.6. The molecule has 0 unspecified atom stereocenters. The van der Waals surface area contributed by atoms with Crippen LogP contribution in [0.2, 0.25) is 5.02 Å². The van der Waals surface area contributed by atoms with Crippen molar-refractivity contribution in [3.05, 3.63) is 113 Å². The summed E-state index contributed by atoms with van der Waals surface area (Å²) in [5, 5.41) is 0.613. The monoisotopic (exact) mass is 934 g/mol. The number of hydrogen-bond donors (Lipinski definition) is 0. The van der Waals surface area contributed by atoms with Crippen molar-refractivity contribution in [2.75, 3.05) is 20.8 Å². The lowest BCUT2D eigenvalue weighted by Gasteiger charge is -2.26. The number of hydrogen-bond acceptors (Lipinski definition) is 8. The second-order valence-electron chi connectivity index (χ2n) is 9.72. The molecule has 0 N–H and O–H groups in total. The predicted octanol–water partition coefficient (Wildman–Crippen LogP) is 7.02. The van der Waals surface area contributed by atoms with Crippen LogP contribution in [0, 0.1) is 7.14 Å². The van der Waals surface area contributed by atoms with Crippen molar-refractivity contribution in [3.63, 3.8) is 0 Å². The SMILES string of the molecule is CCOC(=O)C1=C(C)N=c2s/c(=C\c3cc(I)cc(I)c3OCc3ccccc3Cl)c(=O)n2[C@H]1c1cc(OC)c(OC)cc1Br. The molecule has 0 spiro atoms. The fourth-order valence-electron chi connectivity index (χ4n) is 4.91. The van der Waals surface area contributed by atoms with Crippen LogP contribution in [-0.2, 0) is 16.1 Å². The van der Waals surface area contributed by atoms with E-state index in [1.54, 1.807) is 39.2 Å². The smallest absolute Gasteiger partial charge is 0.338 e. The third kappa shape index (κ3) is 6.99. The first-order valence-corrected chi connectivity index (χ1v) is 17.7. The number of halogens is 4. The number of ether oxygens (including phenoxy) is 4. The molecule has 1 atom stereocenters. The molecule has 1 aliphatic rings. The van der Waals surface area contributed by atoms with Crippen LogP contribution in [-0.4, -0.2) is 31.4 Å². The van der Waals surface area contributed by atoms with Gasteiger partial charge in [-0.1, -0.05) is 57.1 Å². The zero-order valence-electron chi connectivity index (χ0n) is 24.5. The highest BCUT2D eigenvalue weighted by Crippen LogP contribution is 2.41. The molecule has 0 saturated carbocycles. The summed E-state index contributed by atoms with van der Waals surface area (Å²) in [6.07, 6.45) is 1.81. The van der Waals surface area contributed by atoms with Gasteiger partial charge in [0.15, 0.2) is 16.3 Å². The molecule has 13 heteroatoms. The Morgan fingerprint density at radius 2 is 1.84 bits per heavy atom. The highest BCUT2D eigenvalue weighted by atomic mass is 127. The van der Waals surface area contributed by atoms with E-state index in [9.17, 15) is 9.59 Å².